The predicted molar refractivity (Wildman–Crippen MR) is 136 cm³/mol. The fraction of sp³-hybridized carbons (Fsp3) is 0.727. The Kier molecular flexibility index (Phi) is 19.4. The Morgan fingerprint density at radius 2 is 1.63 bits per heavy atom. The van der Waals surface area contributed by atoms with Crippen LogP contribution in [0.25, 0.3) is 0 Å². The van der Waals surface area contributed by atoms with E-state index in [0.717, 1.165) is 0 Å². The second-order valence-electron chi connectivity index (χ2n) is 7.79. The molecule has 0 aliphatic heterocycles. The van der Waals surface area contributed by atoms with Crippen LogP contribution >= 0.6 is 11.8 Å². The molecule has 0 unspecified atom stereocenters. The highest BCUT2D eigenvalue weighted by Crippen LogP contribution is 2.10. The van der Waals surface area contributed by atoms with Crippen LogP contribution in [0.4, 0.5) is 0 Å². The van der Waals surface area contributed by atoms with Gasteiger partial charge in [-0.1, -0.05) is 13.8 Å². The number of rotatable bonds is 21. The molecule has 0 rings (SSSR count). The average Bonchev–Trinajstić information content (AvgIpc) is 2.89. The molecular weight excluding hydrogens is 526 g/mol. The van der Waals surface area contributed by atoms with Crippen molar-refractivity contribution < 1.29 is 48.1 Å². The summed E-state index contributed by atoms with van der Waals surface area (Å²) in [6, 6.07) is -2.28. The van der Waals surface area contributed by atoms with Gasteiger partial charge in [0.15, 0.2) is 0 Å². The van der Waals surface area contributed by atoms with Crippen LogP contribution in [0.2, 0.25) is 0 Å². The zero-order valence-corrected chi connectivity index (χ0v) is 22.5. The van der Waals surface area contributed by atoms with E-state index in [1.165, 1.54) is 11.8 Å². The van der Waals surface area contributed by atoms with E-state index in [2.05, 4.69) is 16.0 Å². The van der Waals surface area contributed by atoms with Crippen molar-refractivity contribution >= 4 is 47.3 Å². The number of aliphatic hydroxyl groups is 1. The predicted octanol–water partition coefficient (Wildman–Crippen LogP) is -3.08. The molecule has 38 heavy (non-hydrogen) atoms. The molecule has 0 aliphatic rings. The van der Waals surface area contributed by atoms with Crippen molar-refractivity contribution in [3.05, 3.63) is 0 Å². The van der Waals surface area contributed by atoms with Crippen LogP contribution in [-0.4, -0.2) is 110 Å². The van der Waals surface area contributed by atoms with E-state index in [9.17, 15) is 33.9 Å². The largest absolute Gasteiger partial charge is 0.462 e. The number of esters is 2. The Morgan fingerprint density at radius 3 is 2.24 bits per heavy atom. The van der Waals surface area contributed by atoms with Gasteiger partial charge in [-0.15, -0.1) is 0 Å². The van der Waals surface area contributed by atoms with E-state index in [4.69, 9.17) is 25.7 Å². The quantitative estimate of drug-likeness (QED) is 0.0600. The maximum atomic E-state index is 12.4. The summed E-state index contributed by atoms with van der Waals surface area (Å²) in [5, 5.41) is 16.6. The molecule has 0 aliphatic carbocycles. The van der Waals surface area contributed by atoms with Crippen LogP contribution in [0.1, 0.15) is 33.1 Å². The summed E-state index contributed by atoms with van der Waals surface area (Å²) >= 11 is 1.20. The third-order valence-corrected chi connectivity index (χ3v) is 5.74. The van der Waals surface area contributed by atoms with E-state index in [1.807, 2.05) is 0 Å². The van der Waals surface area contributed by atoms with Gasteiger partial charge in [0, 0.05) is 37.3 Å². The Labute approximate surface area is 225 Å². The van der Waals surface area contributed by atoms with Crippen molar-refractivity contribution in [2.24, 2.45) is 11.5 Å². The molecule has 0 bridgehead atoms. The molecular formula is C22H39N5O10S. The van der Waals surface area contributed by atoms with Crippen LogP contribution < -0.4 is 27.4 Å². The van der Waals surface area contributed by atoms with Crippen LogP contribution in [-0.2, 0) is 43.0 Å². The number of aliphatic hydroxyl groups excluding tert-OH is 1. The number of carbonyl (C=O) groups excluding carboxylic acids is 6. The lowest BCUT2D eigenvalue weighted by Crippen LogP contribution is -2.54. The second-order valence-corrected chi connectivity index (χ2v) is 8.86. The number of nitrogens with two attached hydrogens (primary N) is 2. The van der Waals surface area contributed by atoms with E-state index >= 15 is 0 Å². The summed E-state index contributed by atoms with van der Waals surface area (Å²) in [6.07, 6.45) is -0.381. The molecule has 0 radical (unpaired) electrons. The van der Waals surface area contributed by atoms with Gasteiger partial charge in [-0.05, 0) is 0 Å². The van der Waals surface area contributed by atoms with Gasteiger partial charge < -0.3 is 46.7 Å². The van der Waals surface area contributed by atoms with Crippen molar-refractivity contribution in [1.82, 2.24) is 16.0 Å². The first kappa shape index (κ1) is 35.0. The van der Waals surface area contributed by atoms with Crippen LogP contribution in [0.3, 0.4) is 0 Å². The van der Waals surface area contributed by atoms with Crippen molar-refractivity contribution in [2.45, 2.75) is 51.3 Å². The topological polar surface area (TPSA) is 238 Å². The van der Waals surface area contributed by atoms with Crippen molar-refractivity contribution in [2.75, 3.05) is 51.0 Å². The first-order valence-electron chi connectivity index (χ1n) is 12.0. The summed E-state index contributed by atoms with van der Waals surface area (Å²) in [5.74, 6) is -2.98. The molecule has 0 saturated heterocycles. The van der Waals surface area contributed by atoms with Crippen molar-refractivity contribution in [3.63, 3.8) is 0 Å². The molecule has 0 saturated carbocycles. The van der Waals surface area contributed by atoms with Gasteiger partial charge in [0.2, 0.25) is 23.6 Å². The Balaban J connectivity index is 4.36. The zero-order chi connectivity index (χ0) is 28.9. The summed E-state index contributed by atoms with van der Waals surface area (Å²) < 4.78 is 15.5. The minimum absolute atomic E-state index is 0.00186. The summed E-state index contributed by atoms with van der Waals surface area (Å²) in [5.41, 5.74) is 10.8. The molecule has 0 aromatic heterocycles. The zero-order valence-electron chi connectivity index (χ0n) is 21.7. The number of hydrogen-bond donors (Lipinski definition) is 6. The molecule has 15 nitrogen and oxygen atoms in total. The van der Waals surface area contributed by atoms with Gasteiger partial charge in [-0.2, -0.15) is 11.8 Å². The second kappa shape index (κ2) is 21.0. The third kappa shape index (κ3) is 17.5. The molecule has 218 valence electrons. The van der Waals surface area contributed by atoms with Crippen LogP contribution in [0.5, 0.6) is 0 Å². The summed E-state index contributed by atoms with van der Waals surface area (Å²) in [6.45, 7) is 2.37. The van der Waals surface area contributed by atoms with Gasteiger partial charge >= 0.3 is 11.9 Å². The van der Waals surface area contributed by atoms with Gasteiger partial charge in [0.1, 0.15) is 18.8 Å². The first-order chi connectivity index (χ1) is 18.0. The van der Waals surface area contributed by atoms with Crippen LogP contribution in [0.15, 0.2) is 0 Å². The number of primary amides is 1. The highest BCUT2D eigenvalue weighted by molar-refractivity contribution is 7.99. The number of amides is 4. The van der Waals surface area contributed by atoms with E-state index in [-0.39, 0.29) is 63.7 Å². The van der Waals surface area contributed by atoms with Gasteiger partial charge in [0.25, 0.3) is 0 Å². The Morgan fingerprint density at radius 1 is 0.947 bits per heavy atom. The molecule has 3 atom stereocenters. The summed E-state index contributed by atoms with van der Waals surface area (Å²) in [7, 11) is 0. The minimum Gasteiger partial charge on any atom is -0.462 e. The van der Waals surface area contributed by atoms with Gasteiger partial charge in [-0.3, -0.25) is 28.8 Å². The fourth-order valence-corrected chi connectivity index (χ4v) is 3.43. The lowest BCUT2D eigenvalue weighted by atomic mass is 10.2. The van der Waals surface area contributed by atoms with Gasteiger partial charge in [-0.25, -0.2) is 0 Å². The van der Waals surface area contributed by atoms with Crippen molar-refractivity contribution in [1.29, 1.82) is 0 Å². The molecule has 0 spiro atoms. The van der Waals surface area contributed by atoms with Crippen molar-refractivity contribution in [3.8, 4) is 0 Å². The fourth-order valence-electron chi connectivity index (χ4n) is 2.46. The van der Waals surface area contributed by atoms with Gasteiger partial charge in [0.05, 0.1) is 32.4 Å². The lowest BCUT2D eigenvalue weighted by molar-refractivity contribution is -0.157. The number of thioether (sulfide) groups is 1. The highest BCUT2D eigenvalue weighted by atomic mass is 32.2. The normalized spacial score (nSPS) is 12.9. The molecule has 0 fully saturated rings. The van der Waals surface area contributed by atoms with Crippen LogP contribution in [0, 0.1) is 0 Å². The SMILES string of the molecule is CCC(=O)OC[C@H](CSC[C@H](N)C(=O)N[C@@H](CO)C(=O)NCCOCCC(=O)NCC(N)=O)OC(=O)CC. The standard InChI is InChI=1S/C22H39N5O10S/c1-3-19(31)36-11-14(37-20(32)4-2)12-38-13-15(23)21(33)27-16(10-28)22(34)25-6-8-35-7-5-18(30)26-9-17(24)29/h14-16,28H,3-13,23H2,1-2H3,(H2,24,29)(H,25,34)(H,26,30)(H,27,33)/t14-,15+,16+/m1/s1. The molecule has 4 amide bonds. The molecule has 0 heterocycles. The molecule has 16 heteroatoms. The monoisotopic (exact) mass is 565 g/mol. The number of carbonyl (C=O) groups is 6. The third-order valence-electron chi connectivity index (χ3n) is 4.54. The first-order valence-corrected chi connectivity index (χ1v) is 13.2. The lowest BCUT2D eigenvalue weighted by Gasteiger charge is -2.20. The number of hydrogen-bond acceptors (Lipinski definition) is 12. The number of nitrogens with one attached hydrogen (secondary N) is 3. The molecule has 0 aromatic rings. The van der Waals surface area contributed by atoms with E-state index < -0.39 is 60.4 Å². The average molecular weight is 566 g/mol. The maximum absolute atomic E-state index is 12.4. The summed E-state index contributed by atoms with van der Waals surface area (Å²) in [4.78, 5) is 69.5. The highest BCUT2D eigenvalue weighted by Gasteiger charge is 2.24. The number of ether oxygens (including phenoxy) is 3. The Bertz CT molecular complexity index is 786. The smallest absolute Gasteiger partial charge is 0.305 e. The van der Waals surface area contributed by atoms with E-state index in [0.29, 0.717) is 0 Å². The molecule has 8 N–H and O–H groups in total. The maximum Gasteiger partial charge on any atom is 0.305 e. The Hall–Kier alpha value is -2.95. The minimum atomic E-state index is -1.25. The molecule has 0 aromatic carbocycles. The van der Waals surface area contributed by atoms with E-state index in [1.54, 1.807) is 13.8 Å².